The molecule has 1 heterocycles. The fourth-order valence-corrected chi connectivity index (χ4v) is 1.93. The van der Waals surface area contributed by atoms with Crippen LogP contribution in [0.1, 0.15) is 12.5 Å². The smallest absolute Gasteiger partial charge is 0.0808 e. The number of allylic oxidation sites excluding steroid dienone is 3. The van der Waals surface area contributed by atoms with Gasteiger partial charge in [-0.15, -0.1) is 0 Å². The standard InChI is InChI=1S/C13H12ClNO/c1-9-8-12(14)10(2)15(16)13(9)11-6-4-3-5-7-11/h3-8,16H,2H2,1H3. The maximum atomic E-state index is 9.98. The van der Waals surface area contributed by atoms with Crippen LogP contribution >= 0.6 is 11.6 Å². The minimum atomic E-state index is 0.395. The summed E-state index contributed by atoms with van der Waals surface area (Å²) in [5.41, 5.74) is 2.95. The molecule has 0 aliphatic carbocycles. The normalized spacial score (nSPS) is 16.6. The molecule has 0 saturated carbocycles. The fourth-order valence-electron chi connectivity index (χ4n) is 1.69. The van der Waals surface area contributed by atoms with Gasteiger partial charge in [-0.25, -0.2) is 5.06 Å². The van der Waals surface area contributed by atoms with E-state index in [2.05, 4.69) is 6.58 Å². The molecule has 3 heteroatoms. The number of hydrogen-bond donors (Lipinski definition) is 1. The Bertz CT molecular complexity index is 488. The van der Waals surface area contributed by atoms with Gasteiger partial charge < -0.3 is 0 Å². The van der Waals surface area contributed by atoms with Gasteiger partial charge >= 0.3 is 0 Å². The van der Waals surface area contributed by atoms with Crippen molar-refractivity contribution in [2.24, 2.45) is 0 Å². The highest BCUT2D eigenvalue weighted by Gasteiger charge is 2.21. The van der Waals surface area contributed by atoms with E-state index in [0.717, 1.165) is 21.9 Å². The summed E-state index contributed by atoms with van der Waals surface area (Å²) in [5.74, 6) is 0. The Morgan fingerprint density at radius 1 is 1.25 bits per heavy atom. The molecule has 0 unspecified atom stereocenters. The molecule has 82 valence electrons. The first-order valence-electron chi connectivity index (χ1n) is 4.93. The summed E-state index contributed by atoms with van der Waals surface area (Å²) in [6.45, 7) is 5.63. The second-order valence-corrected chi connectivity index (χ2v) is 4.06. The lowest BCUT2D eigenvalue weighted by Gasteiger charge is -2.27. The van der Waals surface area contributed by atoms with Crippen LogP contribution in [0.2, 0.25) is 0 Å². The number of halogens is 1. The predicted octanol–water partition coefficient (Wildman–Crippen LogP) is 3.76. The fraction of sp³-hybridized carbons (Fsp3) is 0.0769. The van der Waals surface area contributed by atoms with Gasteiger partial charge in [0.25, 0.3) is 0 Å². The molecule has 1 aromatic carbocycles. The molecular formula is C13H12ClNO. The third-order valence-electron chi connectivity index (χ3n) is 2.51. The molecule has 1 N–H and O–H groups in total. The van der Waals surface area contributed by atoms with Crippen molar-refractivity contribution in [3.8, 4) is 0 Å². The molecule has 0 radical (unpaired) electrons. The average molecular weight is 234 g/mol. The first-order valence-corrected chi connectivity index (χ1v) is 5.31. The van der Waals surface area contributed by atoms with E-state index in [4.69, 9.17) is 11.6 Å². The highest BCUT2D eigenvalue weighted by Crippen LogP contribution is 2.34. The Labute approximate surface area is 99.7 Å². The van der Waals surface area contributed by atoms with Gasteiger partial charge in [-0.3, -0.25) is 5.21 Å². The van der Waals surface area contributed by atoms with Gasteiger partial charge in [0.1, 0.15) is 0 Å². The second-order valence-electron chi connectivity index (χ2n) is 3.65. The third-order valence-corrected chi connectivity index (χ3v) is 2.83. The first kappa shape index (κ1) is 11.0. The van der Waals surface area contributed by atoms with Crippen LogP contribution in [0.15, 0.2) is 59.3 Å². The summed E-state index contributed by atoms with van der Waals surface area (Å²) in [6.07, 6.45) is 1.80. The van der Waals surface area contributed by atoms with Crippen LogP contribution in [0.5, 0.6) is 0 Å². The Kier molecular flexibility index (Phi) is 2.86. The summed E-state index contributed by atoms with van der Waals surface area (Å²) < 4.78 is 0. The molecule has 1 aliphatic heterocycles. The van der Waals surface area contributed by atoms with E-state index in [1.165, 1.54) is 0 Å². The molecule has 2 rings (SSSR count). The molecule has 0 fully saturated rings. The molecule has 16 heavy (non-hydrogen) atoms. The van der Waals surface area contributed by atoms with E-state index in [-0.39, 0.29) is 0 Å². The molecule has 1 aliphatic rings. The maximum Gasteiger partial charge on any atom is 0.0808 e. The highest BCUT2D eigenvalue weighted by molar-refractivity contribution is 6.32. The van der Waals surface area contributed by atoms with Gasteiger partial charge in [-0.2, -0.15) is 0 Å². The lowest BCUT2D eigenvalue weighted by molar-refractivity contribution is 0.0125. The monoisotopic (exact) mass is 233 g/mol. The van der Waals surface area contributed by atoms with Crippen LogP contribution in [0.3, 0.4) is 0 Å². The lowest BCUT2D eigenvalue weighted by atomic mass is 10.0. The van der Waals surface area contributed by atoms with E-state index < -0.39 is 0 Å². The third kappa shape index (κ3) is 1.77. The van der Waals surface area contributed by atoms with Gasteiger partial charge in [-0.1, -0.05) is 48.5 Å². The molecule has 2 nitrogen and oxygen atoms in total. The Hall–Kier alpha value is -1.51. The predicted molar refractivity (Wildman–Crippen MR) is 65.7 cm³/mol. The van der Waals surface area contributed by atoms with Crippen molar-refractivity contribution < 1.29 is 5.21 Å². The Morgan fingerprint density at radius 3 is 2.50 bits per heavy atom. The van der Waals surface area contributed by atoms with E-state index >= 15 is 0 Å². The molecule has 1 aromatic rings. The van der Waals surface area contributed by atoms with Crippen LogP contribution < -0.4 is 0 Å². The van der Waals surface area contributed by atoms with Crippen molar-refractivity contribution in [1.82, 2.24) is 5.06 Å². The topological polar surface area (TPSA) is 23.5 Å². The zero-order valence-electron chi connectivity index (χ0n) is 8.94. The number of benzene rings is 1. The van der Waals surface area contributed by atoms with Gasteiger partial charge in [0.05, 0.1) is 16.4 Å². The lowest BCUT2D eigenvalue weighted by Crippen LogP contribution is -2.20. The zero-order valence-corrected chi connectivity index (χ0v) is 9.70. The summed E-state index contributed by atoms with van der Waals surface area (Å²) in [5, 5.41) is 11.5. The SMILES string of the molecule is C=C1C(Cl)=CC(C)=C(c2ccccc2)N1O. The highest BCUT2D eigenvalue weighted by atomic mass is 35.5. The average Bonchev–Trinajstić information content (AvgIpc) is 2.28. The zero-order chi connectivity index (χ0) is 11.7. The first-order chi connectivity index (χ1) is 7.61. The summed E-state index contributed by atoms with van der Waals surface area (Å²) in [6, 6.07) is 9.64. The molecule has 0 aromatic heterocycles. The van der Waals surface area contributed by atoms with Crippen molar-refractivity contribution >= 4 is 17.3 Å². The molecular weight excluding hydrogens is 222 g/mol. The van der Waals surface area contributed by atoms with Gasteiger partial charge in [-0.05, 0) is 18.6 Å². The second kappa shape index (κ2) is 4.16. The molecule has 0 atom stereocenters. The number of nitrogens with zero attached hydrogens (tertiary/aromatic N) is 1. The Morgan fingerprint density at radius 2 is 1.88 bits per heavy atom. The van der Waals surface area contributed by atoms with Crippen LogP contribution in [-0.2, 0) is 0 Å². The van der Waals surface area contributed by atoms with E-state index in [0.29, 0.717) is 10.7 Å². The van der Waals surface area contributed by atoms with E-state index in [9.17, 15) is 5.21 Å². The van der Waals surface area contributed by atoms with Gasteiger partial charge in [0.2, 0.25) is 0 Å². The maximum absolute atomic E-state index is 9.98. The molecule has 0 bridgehead atoms. The van der Waals surface area contributed by atoms with Crippen molar-refractivity contribution in [3.63, 3.8) is 0 Å². The summed E-state index contributed by atoms with van der Waals surface area (Å²) in [7, 11) is 0. The van der Waals surface area contributed by atoms with Crippen LogP contribution in [0.4, 0.5) is 0 Å². The Balaban J connectivity index is 2.55. The molecule has 0 saturated heterocycles. The van der Waals surface area contributed by atoms with Gasteiger partial charge in [0.15, 0.2) is 0 Å². The molecule has 0 amide bonds. The summed E-state index contributed by atoms with van der Waals surface area (Å²) in [4.78, 5) is 0. The number of hydrogen-bond acceptors (Lipinski definition) is 2. The number of hydroxylamine groups is 2. The van der Waals surface area contributed by atoms with Crippen molar-refractivity contribution in [2.75, 3.05) is 0 Å². The van der Waals surface area contributed by atoms with Crippen LogP contribution in [0.25, 0.3) is 5.70 Å². The van der Waals surface area contributed by atoms with Crippen LogP contribution in [-0.4, -0.2) is 10.3 Å². The van der Waals surface area contributed by atoms with Gasteiger partial charge in [0, 0.05) is 5.56 Å². The minimum Gasteiger partial charge on any atom is -0.283 e. The molecule has 0 spiro atoms. The minimum absolute atomic E-state index is 0.395. The van der Waals surface area contributed by atoms with Crippen LogP contribution in [0, 0.1) is 0 Å². The summed E-state index contributed by atoms with van der Waals surface area (Å²) >= 11 is 5.94. The van der Waals surface area contributed by atoms with E-state index in [1.807, 2.05) is 37.3 Å². The number of rotatable bonds is 1. The van der Waals surface area contributed by atoms with Crippen molar-refractivity contribution in [3.05, 3.63) is 64.9 Å². The quantitative estimate of drug-likeness (QED) is 0.799. The van der Waals surface area contributed by atoms with E-state index in [1.54, 1.807) is 6.08 Å². The van der Waals surface area contributed by atoms with Crippen molar-refractivity contribution in [2.45, 2.75) is 6.92 Å². The largest absolute Gasteiger partial charge is 0.283 e. The van der Waals surface area contributed by atoms with Crippen molar-refractivity contribution in [1.29, 1.82) is 0 Å².